The molecule has 0 aliphatic heterocycles. The molecule has 0 fully saturated rings. The first-order chi connectivity index (χ1) is 12.6. The second-order valence-electron chi connectivity index (χ2n) is 5.52. The zero-order chi connectivity index (χ0) is 20.2. The first-order valence-electron chi connectivity index (χ1n) is 7.50. The minimum Gasteiger partial charge on any atom is -0.484 e. The lowest BCUT2D eigenvalue weighted by atomic mass is 10.3. The average molecular weight is 414 g/mol. The number of hydrogen-bond acceptors (Lipinski definition) is 6. The van der Waals surface area contributed by atoms with E-state index in [4.69, 9.17) is 16.3 Å². The standard InChI is InChI=1S/C16H16ClN3O6S/c1-19(2)27(24,25)13-7-8-14(17)15(9-13)18-16(21)10-26-12-5-3-11(4-6-12)20(22)23/h3-9H,10H2,1-2H3,(H,18,21). The lowest BCUT2D eigenvalue weighted by molar-refractivity contribution is -0.384. The number of sulfonamides is 1. The van der Waals surface area contributed by atoms with Crippen molar-refractivity contribution in [3.05, 3.63) is 57.6 Å². The van der Waals surface area contributed by atoms with E-state index < -0.39 is 27.5 Å². The van der Waals surface area contributed by atoms with Gasteiger partial charge in [-0.15, -0.1) is 0 Å². The lowest BCUT2D eigenvalue weighted by Crippen LogP contribution is -2.23. The Hall–Kier alpha value is -2.69. The predicted molar refractivity (Wildman–Crippen MR) is 99.5 cm³/mol. The maximum Gasteiger partial charge on any atom is 0.269 e. The number of benzene rings is 2. The fourth-order valence-electron chi connectivity index (χ4n) is 1.97. The SMILES string of the molecule is CN(C)S(=O)(=O)c1ccc(Cl)c(NC(=O)COc2ccc([N+](=O)[O-])cc2)c1. The number of anilines is 1. The van der Waals surface area contributed by atoms with E-state index in [2.05, 4.69) is 5.32 Å². The maximum absolute atomic E-state index is 12.2. The van der Waals surface area contributed by atoms with E-state index in [1.165, 1.54) is 56.6 Å². The lowest BCUT2D eigenvalue weighted by Gasteiger charge is -2.14. The number of halogens is 1. The van der Waals surface area contributed by atoms with Crippen LogP contribution in [0.2, 0.25) is 5.02 Å². The quantitative estimate of drug-likeness (QED) is 0.550. The molecule has 2 rings (SSSR count). The second-order valence-corrected chi connectivity index (χ2v) is 8.08. The highest BCUT2D eigenvalue weighted by molar-refractivity contribution is 7.89. The number of carbonyl (C=O) groups is 1. The van der Waals surface area contributed by atoms with E-state index in [9.17, 15) is 23.3 Å². The summed E-state index contributed by atoms with van der Waals surface area (Å²) >= 11 is 6.01. The van der Waals surface area contributed by atoms with Crippen molar-refractivity contribution in [3.8, 4) is 5.75 Å². The number of carbonyl (C=O) groups excluding carboxylic acids is 1. The van der Waals surface area contributed by atoms with Gasteiger partial charge < -0.3 is 10.1 Å². The number of non-ortho nitro benzene ring substituents is 1. The molecule has 0 aromatic heterocycles. The molecule has 0 saturated carbocycles. The molecule has 2 aromatic rings. The van der Waals surface area contributed by atoms with E-state index in [0.29, 0.717) is 0 Å². The first kappa shape index (κ1) is 20.6. The molecule has 144 valence electrons. The third-order valence-corrected chi connectivity index (χ3v) is 5.55. The van der Waals surface area contributed by atoms with Crippen LogP contribution in [-0.4, -0.2) is 44.3 Å². The summed E-state index contributed by atoms with van der Waals surface area (Å²) in [5.74, 6) is -0.305. The van der Waals surface area contributed by atoms with Crippen LogP contribution in [-0.2, 0) is 14.8 Å². The fourth-order valence-corrected chi connectivity index (χ4v) is 3.06. The molecule has 0 aliphatic rings. The minimum absolute atomic E-state index is 0.0245. The molecule has 0 radical (unpaired) electrons. The summed E-state index contributed by atoms with van der Waals surface area (Å²) in [4.78, 5) is 22.1. The zero-order valence-corrected chi connectivity index (χ0v) is 16.0. The molecule has 0 bridgehead atoms. The highest BCUT2D eigenvalue weighted by Crippen LogP contribution is 2.26. The second kappa shape index (κ2) is 8.33. The van der Waals surface area contributed by atoms with Gasteiger partial charge >= 0.3 is 0 Å². The van der Waals surface area contributed by atoms with Gasteiger partial charge in [0, 0.05) is 26.2 Å². The number of rotatable bonds is 7. The summed E-state index contributed by atoms with van der Waals surface area (Å²) in [5, 5.41) is 13.2. The smallest absolute Gasteiger partial charge is 0.269 e. The molecule has 1 N–H and O–H groups in total. The molecule has 11 heteroatoms. The molecule has 0 spiro atoms. The summed E-state index contributed by atoms with van der Waals surface area (Å²) in [7, 11) is -0.903. The van der Waals surface area contributed by atoms with Crippen molar-refractivity contribution in [1.82, 2.24) is 4.31 Å². The molecule has 0 saturated heterocycles. The van der Waals surface area contributed by atoms with Crippen LogP contribution in [0, 0.1) is 10.1 Å². The van der Waals surface area contributed by atoms with Crippen molar-refractivity contribution in [2.45, 2.75) is 4.90 Å². The number of nitro groups is 1. The highest BCUT2D eigenvalue weighted by atomic mass is 35.5. The van der Waals surface area contributed by atoms with E-state index >= 15 is 0 Å². The van der Waals surface area contributed by atoms with Gasteiger partial charge in [0.1, 0.15) is 5.75 Å². The molecule has 1 amide bonds. The van der Waals surface area contributed by atoms with Crippen molar-refractivity contribution in [1.29, 1.82) is 0 Å². The minimum atomic E-state index is -3.68. The van der Waals surface area contributed by atoms with Gasteiger partial charge in [-0.05, 0) is 30.3 Å². The number of ether oxygens (including phenoxy) is 1. The summed E-state index contributed by atoms with van der Waals surface area (Å²) in [6, 6.07) is 9.18. The van der Waals surface area contributed by atoms with Crippen LogP contribution in [0.15, 0.2) is 47.4 Å². The molecule has 0 atom stereocenters. The van der Waals surface area contributed by atoms with Crippen LogP contribution in [0.4, 0.5) is 11.4 Å². The van der Waals surface area contributed by atoms with Crippen LogP contribution in [0.3, 0.4) is 0 Å². The molecule has 0 unspecified atom stereocenters. The Morgan fingerprint density at radius 1 is 1.22 bits per heavy atom. The summed E-state index contributed by atoms with van der Waals surface area (Å²) < 4.78 is 30.6. The van der Waals surface area contributed by atoms with E-state index in [0.717, 1.165) is 4.31 Å². The highest BCUT2D eigenvalue weighted by Gasteiger charge is 2.19. The Kier molecular flexibility index (Phi) is 6.37. The Labute approximate surface area is 160 Å². The van der Waals surface area contributed by atoms with Gasteiger partial charge in [-0.3, -0.25) is 14.9 Å². The van der Waals surface area contributed by atoms with Crippen LogP contribution in [0.5, 0.6) is 5.75 Å². The summed E-state index contributed by atoms with van der Waals surface area (Å²) in [6.07, 6.45) is 0. The molecule has 0 heterocycles. The van der Waals surface area contributed by atoms with Gasteiger partial charge in [0.05, 0.1) is 20.5 Å². The van der Waals surface area contributed by atoms with E-state index in [1.54, 1.807) is 0 Å². The summed E-state index contributed by atoms with van der Waals surface area (Å²) in [6.45, 7) is -0.390. The Morgan fingerprint density at radius 2 is 1.85 bits per heavy atom. The maximum atomic E-state index is 12.2. The average Bonchev–Trinajstić information content (AvgIpc) is 2.61. The number of amides is 1. The largest absolute Gasteiger partial charge is 0.484 e. The summed E-state index contributed by atoms with van der Waals surface area (Å²) in [5.41, 5.74) is 0.0226. The number of nitro benzene ring substituents is 1. The topological polar surface area (TPSA) is 119 Å². The van der Waals surface area contributed by atoms with Crippen molar-refractivity contribution in [2.75, 3.05) is 26.0 Å². The van der Waals surface area contributed by atoms with Crippen molar-refractivity contribution in [2.24, 2.45) is 0 Å². The number of hydrogen-bond donors (Lipinski definition) is 1. The normalized spacial score (nSPS) is 11.3. The zero-order valence-electron chi connectivity index (χ0n) is 14.4. The third-order valence-electron chi connectivity index (χ3n) is 3.41. The molecule has 2 aromatic carbocycles. The van der Waals surface area contributed by atoms with Crippen LogP contribution >= 0.6 is 11.6 Å². The molecule has 9 nitrogen and oxygen atoms in total. The molecule has 0 aliphatic carbocycles. The van der Waals surface area contributed by atoms with Crippen molar-refractivity contribution in [3.63, 3.8) is 0 Å². The number of nitrogens with zero attached hydrogens (tertiary/aromatic N) is 2. The molecular weight excluding hydrogens is 398 g/mol. The Bertz CT molecular complexity index is 961. The van der Waals surface area contributed by atoms with Gasteiger partial charge in [-0.2, -0.15) is 0 Å². The predicted octanol–water partition coefficient (Wildman–Crippen LogP) is 2.52. The van der Waals surface area contributed by atoms with Gasteiger partial charge in [0.2, 0.25) is 10.0 Å². The Balaban J connectivity index is 2.06. The monoisotopic (exact) mass is 413 g/mol. The van der Waals surface area contributed by atoms with Gasteiger partial charge in [-0.1, -0.05) is 11.6 Å². The third kappa shape index (κ3) is 5.16. The number of nitrogens with one attached hydrogen (secondary N) is 1. The van der Waals surface area contributed by atoms with Crippen LogP contribution < -0.4 is 10.1 Å². The molecular formula is C16H16ClN3O6S. The van der Waals surface area contributed by atoms with Crippen LogP contribution in [0.1, 0.15) is 0 Å². The van der Waals surface area contributed by atoms with Crippen molar-refractivity contribution < 1.29 is 22.9 Å². The van der Waals surface area contributed by atoms with Crippen LogP contribution in [0.25, 0.3) is 0 Å². The van der Waals surface area contributed by atoms with Gasteiger partial charge in [0.15, 0.2) is 6.61 Å². The van der Waals surface area contributed by atoms with E-state index in [-0.39, 0.29) is 27.0 Å². The van der Waals surface area contributed by atoms with E-state index in [1.807, 2.05) is 0 Å². The Morgan fingerprint density at radius 3 is 2.41 bits per heavy atom. The van der Waals surface area contributed by atoms with Crippen molar-refractivity contribution >= 4 is 38.9 Å². The van der Waals surface area contributed by atoms with Gasteiger partial charge in [0.25, 0.3) is 11.6 Å². The van der Waals surface area contributed by atoms with Gasteiger partial charge in [-0.25, -0.2) is 12.7 Å². The fraction of sp³-hybridized carbons (Fsp3) is 0.188. The first-order valence-corrected chi connectivity index (χ1v) is 9.32. The molecule has 27 heavy (non-hydrogen) atoms.